The van der Waals surface area contributed by atoms with Gasteiger partial charge in [-0.25, -0.2) is 9.78 Å². The maximum atomic E-state index is 11.8. The van der Waals surface area contributed by atoms with Crippen LogP contribution >= 0.6 is 34.8 Å². The number of pyridine rings is 1. The Bertz CT molecular complexity index is 1210. The van der Waals surface area contributed by atoms with Crippen molar-refractivity contribution >= 4 is 62.6 Å². The molecule has 0 unspecified atom stereocenters. The van der Waals surface area contributed by atoms with Crippen LogP contribution in [0.4, 0.5) is 0 Å². The van der Waals surface area contributed by atoms with Crippen molar-refractivity contribution in [2.45, 2.75) is 6.92 Å². The number of halogens is 3. The van der Waals surface area contributed by atoms with Gasteiger partial charge in [-0.3, -0.25) is 0 Å². The smallest absolute Gasteiger partial charge is 0.336 e. The van der Waals surface area contributed by atoms with Gasteiger partial charge in [-0.2, -0.15) is 0 Å². The molecule has 0 aliphatic carbocycles. The van der Waals surface area contributed by atoms with Gasteiger partial charge in [-0.05, 0) is 48.9 Å². The number of aromatic carboxylic acids is 1. The van der Waals surface area contributed by atoms with Crippen LogP contribution in [0.2, 0.25) is 15.1 Å². The van der Waals surface area contributed by atoms with Crippen LogP contribution in [0.15, 0.2) is 40.8 Å². The van der Waals surface area contributed by atoms with E-state index in [9.17, 15) is 9.90 Å². The van der Waals surface area contributed by atoms with E-state index in [0.29, 0.717) is 48.4 Å². The molecule has 0 fully saturated rings. The van der Waals surface area contributed by atoms with E-state index in [1.807, 2.05) is 6.92 Å². The molecule has 4 rings (SSSR count). The Morgan fingerprint density at radius 2 is 1.77 bits per heavy atom. The number of hydrogen-bond acceptors (Lipinski definition) is 3. The summed E-state index contributed by atoms with van der Waals surface area (Å²) >= 11 is 18.3. The first-order chi connectivity index (χ1) is 12.3. The Hall–Kier alpha value is -2.27. The number of furan rings is 1. The summed E-state index contributed by atoms with van der Waals surface area (Å²) in [5.74, 6) is -0.666. The second-order valence-electron chi connectivity index (χ2n) is 5.90. The van der Waals surface area contributed by atoms with E-state index in [0.717, 1.165) is 5.56 Å². The van der Waals surface area contributed by atoms with Crippen molar-refractivity contribution in [1.82, 2.24) is 4.98 Å². The third-order valence-electron chi connectivity index (χ3n) is 4.09. The van der Waals surface area contributed by atoms with Gasteiger partial charge in [0, 0.05) is 20.8 Å². The molecule has 130 valence electrons. The molecule has 4 aromatic rings. The first-order valence-corrected chi connectivity index (χ1v) is 8.70. The van der Waals surface area contributed by atoms with Crippen molar-refractivity contribution in [2.24, 2.45) is 0 Å². The lowest BCUT2D eigenvalue weighted by Crippen LogP contribution is -2.01. The fraction of sp³-hybridized carbons (Fsp3) is 0.0526. The summed E-state index contributed by atoms with van der Waals surface area (Å²) in [6.07, 6.45) is 0. The number of aryl methyl sites for hydroxylation is 1. The fourth-order valence-electron chi connectivity index (χ4n) is 2.96. The van der Waals surface area contributed by atoms with Crippen LogP contribution in [-0.4, -0.2) is 16.1 Å². The van der Waals surface area contributed by atoms with Gasteiger partial charge in [0.2, 0.25) is 0 Å². The van der Waals surface area contributed by atoms with E-state index in [1.165, 1.54) is 6.07 Å². The molecule has 0 saturated heterocycles. The number of hydrogen-bond donors (Lipinski definition) is 1. The van der Waals surface area contributed by atoms with Crippen molar-refractivity contribution in [3.63, 3.8) is 0 Å². The average Bonchev–Trinajstić information content (AvgIpc) is 2.98. The molecule has 0 bridgehead atoms. The van der Waals surface area contributed by atoms with Crippen LogP contribution < -0.4 is 0 Å². The summed E-state index contributed by atoms with van der Waals surface area (Å²) in [6, 6.07) is 9.84. The van der Waals surface area contributed by atoms with E-state index in [4.69, 9.17) is 39.2 Å². The Balaban J connectivity index is 2.03. The van der Waals surface area contributed by atoms with Crippen molar-refractivity contribution in [1.29, 1.82) is 0 Å². The number of nitrogens with zero attached hydrogens (tertiary/aromatic N) is 1. The number of rotatable bonds is 2. The Morgan fingerprint density at radius 1 is 1.04 bits per heavy atom. The largest absolute Gasteiger partial charge is 0.478 e. The van der Waals surface area contributed by atoms with Gasteiger partial charge < -0.3 is 9.52 Å². The molecule has 0 atom stereocenters. The molecular formula is C19H10Cl3NO3. The summed E-state index contributed by atoms with van der Waals surface area (Å²) in [7, 11) is 0. The topological polar surface area (TPSA) is 63.3 Å². The molecular weight excluding hydrogens is 397 g/mol. The highest BCUT2D eigenvalue weighted by Gasteiger charge is 2.18. The zero-order valence-electron chi connectivity index (χ0n) is 13.3. The van der Waals surface area contributed by atoms with Gasteiger partial charge >= 0.3 is 5.97 Å². The van der Waals surface area contributed by atoms with Crippen molar-refractivity contribution in [3.8, 4) is 11.5 Å². The Kier molecular flexibility index (Phi) is 4.07. The summed E-state index contributed by atoms with van der Waals surface area (Å²) in [4.78, 5) is 16.3. The molecule has 4 nitrogen and oxygen atoms in total. The zero-order valence-corrected chi connectivity index (χ0v) is 15.6. The minimum absolute atomic E-state index is 0.0974. The number of carboxylic acid groups (broad SMARTS) is 1. The minimum Gasteiger partial charge on any atom is -0.478 e. The highest BCUT2D eigenvalue weighted by atomic mass is 35.5. The molecule has 2 aromatic carbocycles. The third kappa shape index (κ3) is 2.80. The van der Waals surface area contributed by atoms with Crippen LogP contribution in [0.1, 0.15) is 15.9 Å². The molecule has 7 heteroatoms. The molecule has 0 aliphatic heterocycles. The SMILES string of the molecule is Cc1cc(Cl)cc2c(C(=O)O)cc(-c3cc4cc(Cl)cc(Cl)c4o3)nc12. The number of fused-ring (bicyclic) bond motifs is 2. The minimum atomic E-state index is -1.07. The highest BCUT2D eigenvalue weighted by Crippen LogP contribution is 2.35. The molecule has 2 aromatic heterocycles. The first-order valence-electron chi connectivity index (χ1n) is 7.56. The molecule has 1 N–H and O–H groups in total. The summed E-state index contributed by atoms with van der Waals surface area (Å²) in [5, 5.41) is 12.1. The van der Waals surface area contributed by atoms with Gasteiger partial charge in [-0.15, -0.1) is 0 Å². The summed E-state index contributed by atoms with van der Waals surface area (Å²) in [5.41, 5.74) is 2.28. The quantitative estimate of drug-likeness (QED) is 0.406. The lowest BCUT2D eigenvalue weighted by Gasteiger charge is -2.08. The molecule has 26 heavy (non-hydrogen) atoms. The predicted octanol–water partition coefficient (Wildman–Crippen LogP) is 6.61. The molecule has 0 amide bonds. The Labute approximate surface area is 162 Å². The third-order valence-corrected chi connectivity index (χ3v) is 4.80. The van der Waals surface area contributed by atoms with Crippen molar-refractivity contribution in [3.05, 3.63) is 62.6 Å². The van der Waals surface area contributed by atoms with E-state index in [-0.39, 0.29) is 5.56 Å². The van der Waals surface area contributed by atoms with Crippen LogP contribution in [0, 0.1) is 6.92 Å². The molecule has 0 aliphatic rings. The maximum Gasteiger partial charge on any atom is 0.336 e. The summed E-state index contributed by atoms with van der Waals surface area (Å²) < 4.78 is 5.82. The van der Waals surface area contributed by atoms with Crippen molar-refractivity contribution in [2.75, 3.05) is 0 Å². The number of carboxylic acids is 1. The Morgan fingerprint density at radius 3 is 2.50 bits per heavy atom. The van der Waals surface area contributed by atoms with E-state index >= 15 is 0 Å². The zero-order chi connectivity index (χ0) is 18.6. The van der Waals surface area contributed by atoms with E-state index in [1.54, 1.807) is 30.3 Å². The highest BCUT2D eigenvalue weighted by molar-refractivity contribution is 6.38. The maximum absolute atomic E-state index is 11.8. The van der Waals surface area contributed by atoms with E-state index < -0.39 is 5.97 Å². The van der Waals surface area contributed by atoms with Gasteiger partial charge in [0.05, 0.1) is 16.1 Å². The molecule has 0 radical (unpaired) electrons. The molecule has 0 spiro atoms. The van der Waals surface area contributed by atoms with Gasteiger partial charge in [0.25, 0.3) is 0 Å². The van der Waals surface area contributed by atoms with Crippen LogP contribution in [0.5, 0.6) is 0 Å². The van der Waals surface area contributed by atoms with Gasteiger partial charge in [-0.1, -0.05) is 34.8 Å². The predicted molar refractivity (Wildman–Crippen MR) is 104 cm³/mol. The molecule has 0 saturated carbocycles. The lowest BCUT2D eigenvalue weighted by atomic mass is 10.0. The van der Waals surface area contributed by atoms with Crippen LogP contribution in [0.3, 0.4) is 0 Å². The van der Waals surface area contributed by atoms with Crippen LogP contribution in [-0.2, 0) is 0 Å². The molecule has 2 heterocycles. The normalized spacial score (nSPS) is 11.4. The lowest BCUT2D eigenvalue weighted by molar-refractivity contribution is 0.0699. The average molecular weight is 407 g/mol. The summed E-state index contributed by atoms with van der Waals surface area (Å²) in [6.45, 7) is 1.83. The number of carbonyl (C=O) groups is 1. The fourth-order valence-corrected chi connectivity index (χ4v) is 3.78. The first kappa shape index (κ1) is 17.2. The van der Waals surface area contributed by atoms with Gasteiger partial charge in [0.15, 0.2) is 11.3 Å². The second kappa shape index (κ2) is 6.16. The monoisotopic (exact) mass is 405 g/mol. The number of aromatic nitrogens is 1. The van der Waals surface area contributed by atoms with Crippen LogP contribution in [0.25, 0.3) is 33.3 Å². The number of benzene rings is 2. The van der Waals surface area contributed by atoms with E-state index in [2.05, 4.69) is 4.98 Å². The van der Waals surface area contributed by atoms with Crippen molar-refractivity contribution < 1.29 is 14.3 Å². The second-order valence-corrected chi connectivity index (χ2v) is 7.18. The standard InChI is InChI=1S/C19H10Cl3NO3/c1-8-2-10(20)5-12-13(19(24)25)7-15(23-17(8)12)16-4-9-3-11(21)6-14(22)18(9)26-16/h2-7H,1H3,(H,24,25). The van der Waals surface area contributed by atoms with Gasteiger partial charge in [0.1, 0.15) is 5.69 Å².